The average Bonchev–Trinajstić information content (AvgIpc) is 2.88. The quantitative estimate of drug-likeness (QED) is 0.363. The Morgan fingerprint density at radius 3 is 2.26 bits per heavy atom. The van der Waals surface area contributed by atoms with Gasteiger partial charge in [0.05, 0.1) is 19.1 Å². The van der Waals surface area contributed by atoms with Crippen molar-refractivity contribution < 1.29 is 22.7 Å². The topological polar surface area (TPSA) is 93.7 Å². The summed E-state index contributed by atoms with van der Waals surface area (Å²) in [5.74, 6) is 0.213. The van der Waals surface area contributed by atoms with Gasteiger partial charge >= 0.3 is 0 Å². The van der Waals surface area contributed by atoms with Crippen LogP contribution in [0.4, 0.5) is 5.69 Å². The molecule has 0 aliphatic heterocycles. The molecule has 0 heterocycles. The molecule has 4 rings (SSSR count). The molecule has 1 unspecified atom stereocenters. The van der Waals surface area contributed by atoms with Gasteiger partial charge in [-0.15, -0.1) is 0 Å². The standard InChI is InChI=1S/C27H26N2O5S/c1-33-25-16-15-21(18-26(25)34-2)35(31,32)29-24(17-19-9-4-3-5-10-19)27(30)28-23-14-8-12-20-11-6-7-13-22(20)23/h3-16,18,24,29H,17H2,1-2H3,(H,28,30). The molecule has 0 aliphatic carbocycles. The second kappa shape index (κ2) is 10.6. The molecule has 0 aromatic heterocycles. The first-order valence-corrected chi connectivity index (χ1v) is 12.5. The predicted molar refractivity (Wildman–Crippen MR) is 136 cm³/mol. The van der Waals surface area contributed by atoms with Crippen molar-refractivity contribution in [2.45, 2.75) is 17.4 Å². The zero-order valence-electron chi connectivity index (χ0n) is 19.4. The van der Waals surface area contributed by atoms with Gasteiger partial charge in [-0.05, 0) is 35.6 Å². The van der Waals surface area contributed by atoms with E-state index >= 15 is 0 Å². The molecule has 4 aromatic rings. The van der Waals surface area contributed by atoms with Gasteiger partial charge in [-0.1, -0.05) is 66.7 Å². The van der Waals surface area contributed by atoms with Crippen molar-refractivity contribution in [2.75, 3.05) is 19.5 Å². The molecule has 1 atom stereocenters. The Labute approximate surface area is 204 Å². The molecule has 0 saturated heterocycles. The van der Waals surface area contributed by atoms with E-state index in [1.807, 2.05) is 66.7 Å². The largest absolute Gasteiger partial charge is 0.493 e. The summed E-state index contributed by atoms with van der Waals surface area (Å²) in [6.07, 6.45) is 0.171. The first-order chi connectivity index (χ1) is 16.9. The van der Waals surface area contributed by atoms with Crippen molar-refractivity contribution in [3.8, 4) is 11.5 Å². The molecular weight excluding hydrogens is 464 g/mol. The lowest BCUT2D eigenvalue weighted by atomic mass is 10.1. The number of ether oxygens (including phenoxy) is 2. The van der Waals surface area contributed by atoms with E-state index < -0.39 is 22.0 Å². The Morgan fingerprint density at radius 2 is 1.51 bits per heavy atom. The minimum absolute atomic E-state index is 0.0360. The molecule has 0 radical (unpaired) electrons. The van der Waals surface area contributed by atoms with Crippen molar-refractivity contribution in [1.82, 2.24) is 4.72 Å². The van der Waals surface area contributed by atoms with Crippen LogP contribution < -0.4 is 19.5 Å². The number of benzene rings is 4. The summed E-state index contributed by atoms with van der Waals surface area (Å²) < 4.78 is 39.6. The molecule has 0 spiro atoms. The Morgan fingerprint density at radius 1 is 0.829 bits per heavy atom. The monoisotopic (exact) mass is 490 g/mol. The van der Waals surface area contributed by atoms with Gasteiger partial charge < -0.3 is 14.8 Å². The van der Waals surface area contributed by atoms with E-state index in [1.165, 1.54) is 32.4 Å². The van der Waals surface area contributed by atoms with Crippen LogP contribution >= 0.6 is 0 Å². The van der Waals surface area contributed by atoms with E-state index in [4.69, 9.17) is 9.47 Å². The molecular formula is C27H26N2O5S. The first-order valence-electron chi connectivity index (χ1n) is 11.0. The summed E-state index contributed by atoms with van der Waals surface area (Å²) in [5, 5.41) is 4.74. The zero-order valence-corrected chi connectivity index (χ0v) is 20.2. The fourth-order valence-electron chi connectivity index (χ4n) is 3.83. The van der Waals surface area contributed by atoms with Crippen molar-refractivity contribution in [2.24, 2.45) is 0 Å². The molecule has 180 valence electrons. The minimum Gasteiger partial charge on any atom is -0.493 e. The summed E-state index contributed by atoms with van der Waals surface area (Å²) >= 11 is 0. The number of amides is 1. The van der Waals surface area contributed by atoms with Crippen molar-refractivity contribution >= 4 is 32.4 Å². The number of sulfonamides is 1. The van der Waals surface area contributed by atoms with E-state index in [9.17, 15) is 13.2 Å². The fraction of sp³-hybridized carbons (Fsp3) is 0.148. The van der Waals surface area contributed by atoms with E-state index in [0.29, 0.717) is 11.4 Å². The van der Waals surface area contributed by atoms with Gasteiger partial charge in [0, 0.05) is 17.1 Å². The second-order valence-electron chi connectivity index (χ2n) is 7.90. The third-order valence-electron chi connectivity index (χ3n) is 5.61. The van der Waals surface area contributed by atoms with Crippen LogP contribution in [0.3, 0.4) is 0 Å². The van der Waals surface area contributed by atoms with Gasteiger partial charge in [0.2, 0.25) is 15.9 Å². The molecule has 8 heteroatoms. The number of hydrogen-bond donors (Lipinski definition) is 2. The SMILES string of the molecule is COc1ccc(S(=O)(=O)NC(Cc2ccccc2)C(=O)Nc2cccc3ccccc23)cc1OC. The Kier molecular flexibility index (Phi) is 7.33. The number of methoxy groups -OCH3 is 2. The van der Waals surface area contributed by atoms with Crippen LogP contribution in [0.1, 0.15) is 5.56 Å². The Bertz CT molecular complexity index is 1430. The average molecular weight is 491 g/mol. The zero-order chi connectivity index (χ0) is 24.8. The molecule has 0 fully saturated rings. The summed E-state index contributed by atoms with van der Waals surface area (Å²) in [6.45, 7) is 0. The van der Waals surface area contributed by atoms with E-state index in [2.05, 4.69) is 10.0 Å². The molecule has 2 N–H and O–H groups in total. The Hall–Kier alpha value is -3.88. The van der Waals surface area contributed by atoms with Crippen LogP contribution in [0.5, 0.6) is 11.5 Å². The van der Waals surface area contributed by atoms with E-state index in [0.717, 1.165) is 16.3 Å². The summed E-state index contributed by atoms with van der Waals surface area (Å²) in [5.41, 5.74) is 1.43. The highest BCUT2D eigenvalue weighted by Crippen LogP contribution is 2.29. The van der Waals surface area contributed by atoms with Crippen molar-refractivity contribution in [1.29, 1.82) is 0 Å². The van der Waals surface area contributed by atoms with Crippen LogP contribution in [-0.2, 0) is 21.2 Å². The van der Waals surface area contributed by atoms with E-state index in [1.54, 1.807) is 6.07 Å². The number of rotatable bonds is 9. The van der Waals surface area contributed by atoms with Gasteiger partial charge in [-0.3, -0.25) is 4.79 Å². The molecule has 7 nitrogen and oxygen atoms in total. The second-order valence-corrected chi connectivity index (χ2v) is 9.61. The summed E-state index contributed by atoms with van der Waals surface area (Å²) in [7, 11) is -1.17. The number of carbonyl (C=O) groups is 1. The molecule has 4 aromatic carbocycles. The number of hydrogen-bond acceptors (Lipinski definition) is 5. The number of nitrogens with one attached hydrogen (secondary N) is 2. The highest BCUT2D eigenvalue weighted by atomic mass is 32.2. The van der Waals surface area contributed by atoms with Gasteiger partial charge in [-0.25, -0.2) is 8.42 Å². The third-order valence-corrected chi connectivity index (χ3v) is 7.08. The lowest BCUT2D eigenvalue weighted by Crippen LogP contribution is -2.45. The maximum absolute atomic E-state index is 13.4. The molecule has 35 heavy (non-hydrogen) atoms. The highest BCUT2D eigenvalue weighted by molar-refractivity contribution is 7.89. The number of anilines is 1. The maximum atomic E-state index is 13.4. The van der Waals surface area contributed by atoms with E-state index in [-0.39, 0.29) is 17.1 Å². The van der Waals surface area contributed by atoms with Crippen molar-refractivity contribution in [3.63, 3.8) is 0 Å². The summed E-state index contributed by atoms with van der Waals surface area (Å²) in [4.78, 5) is 13.4. The van der Waals surface area contributed by atoms with Crippen LogP contribution in [0, 0.1) is 0 Å². The molecule has 0 saturated carbocycles. The molecule has 0 aliphatic rings. The third kappa shape index (κ3) is 5.62. The smallest absolute Gasteiger partial charge is 0.242 e. The lowest BCUT2D eigenvalue weighted by Gasteiger charge is -2.20. The van der Waals surface area contributed by atoms with Crippen LogP contribution in [0.25, 0.3) is 10.8 Å². The van der Waals surface area contributed by atoms with Crippen molar-refractivity contribution in [3.05, 3.63) is 96.6 Å². The molecule has 1 amide bonds. The molecule has 0 bridgehead atoms. The Balaban J connectivity index is 1.65. The predicted octanol–water partition coefficient (Wildman–Crippen LogP) is 4.39. The van der Waals surface area contributed by atoms with Crippen LogP contribution in [0.2, 0.25) is 0 Å². The first kappa shape index (κ1) is 24.3. The fourth-order valence-corrected chi connectivity index (χ4v) is 5.04. The number of fused-ring (bicyclic) bond motifs is 1. The van der Waals surface area contributed by atoms with Gasteiger partial charge in [0.15, 0.2) is 11.5 Å². The van der Waals surface area contributed by atoms with Crippen LogP contribution in [-0.4, -0.2) is 34.6 Å². The highest BCUT2D eigenvalue weighted by Gasteiger charge is 2.27. The minimum atomic E-state index is -4.06. The van der Waals surface area contributed by atoms with Crippen LogP contribution in [0.15, 0.2) is 95.9 Å². The summed E-state index contributed by atoms with van der Waals surface area (Å²) in [6, 6.07) is 25.7. The lowest BCUT2D eigenvalue weighted by molar-refractivity contribution is -0.117. The maximum Gasteiger partial charge on any atom is 0.242 e. The van der Waals surface area contributed by atoms with Gasteiger partial charge in [-0.2, -0.15) is 4.72 Å². The van der Waals surface area contributed by atoms with Gasteiger partial charge in [0.25, 0.3) is 0 Å². The normalized spacial score (nSPS) is 12.2. The number of carbonyl (C=O) groups excluding carboxylic acids is 1. The van der Waals surface area contributed by atoms with Gasteiger partial charge in [0.1, 0.15) is 6.04 Å².